The number of nitrogens with zero attached hydrogens (tertiary/aromatic N) is 1. The summed E-state index contributed by atoms with van der Waals surface area (Å²) >= 11 is 5.89. The smallest absolute Gasteiger partial charge is 0.308 e. The van der Waals surface area contributed by atoms with Gasteiger partial charge in [0.05, 0.1) is 5.92 Å². The minimum atomic E-state index is -0.716. The molecule has 1 aliphatic rings. The molecule has 1 heterocycles. The van der Waals surface area contributed by atoms with Gasteiger partial charge >= 0.3 is 5.97 Å². The van der Waals surface area contributed by atoms with Gasteiger partial charge in [0, 0.05) is 29.6 Å². The van der Waals surface area contributed by atoms with Crippen molar-refractivity contribution < 1.29 is 9.90 Å². The van der Waals surface area contributed by atoms with E-state index in [1.807, 2.05) is 24.3 Å². The van der Waals surface area contributed by atoms with Crippen molar-refractivity contribution in [2.24, 2.45) is 5.92 Å². The molecule has 0 saturated carbocycles. The van der Waals surface area contributed by atoms with Crippen LogP contribution in [-0.2, 0) is 4.79 Å². The molecule has 2 rings (SSSR count). The zero-order valence-electron chi connectivity index (χ0n) is 12.0. The number of rotatable bonds is 2. The molecule has 1 N–H and O–H groups in total. The highest BCUT2D eigenvalue weighted by Crippen LogP contribution is 2.36. The molecule has 0 unspecified atom stereocenters. The molecule has 1 aromatic rings. The second kappa shape index (κ2) is 6.33. The Labute approximate surface area is 131 Å². The first kappa shape index (κ1) is 17.3. The average molecular weight is 318 g/mol. The Kier molecular flexibility index (Phi) is 5.47. The van der Waals surface area contributed by atoms with Crippen LogP contribution in [0.2, 0.25) is 5.02 Å². The van der Waals surface area contributed by atoms with Crippen LogP contribution in [0.3, 0.4) is 0 Å². The molecule has 1 aromatic carbocycles. The molecular weight excluding hydrogens is 297 g/mol. The van der Waals surface area contributed by atoms with E-state index in [-0.39, 0.29) is 29.8 Å². The SMILES string of the molecule is CC(C)(C)N1C[C@@H](C(=O)O)[C@H](c2ccc(Cl)cc2)C1.Cl. The largest absolute Gasteiger partial charge is 0.481 e. The number of benzene rings is 1. The van der Waals surface area contributed by atoms with Crippen LogP contribution in [0.25, 0.3) is 0 Å². The van der Waals surface area contributed by atoms with E-state index in [1.54, 1.807) is 0 Å². The minimum absolute atomic E-state index is 0. The quantitative estimate of drug-likeness (QED) is 0.905. The van der Waals surface area contributed by atoms with Crippen LogP contribution in [-0.4, -0.2) is 34.6 Å². The molecule has 5 heteroatoms. The van der Waals surface area contributed by atoms with Crippen LogP contribution in [0, 0.1) is 5.92 Å². The van der Waals surface area contributed by atoms with Gasteiger partial charge in [0.1, 0.15) is 0 Å². The maximum Gasteiger partial charge on any atom is 0.308 e. The Morgan fingerprint density at radius 1 is 1.25 bits per heavy atom. The predicted molar refractivity (Wildman–Crippen MR) is 83.9 cm³/mol. The highest BCUT2D eigenvalue weighted by molar-refractivity contribution is 6.30. The van der Waals surface area contributed by atoms with E-state index < -0.39 is 5.97 Å². The van der Waals surface area contributed by atoms with Gasteiger partial charge in [-0.1, -0.05) is 23.7 Å². The van der Waals surface area contributed by atoms with E-state index >= 15 is 0 Å². The average Bonchev–Trinajstić information content (AvgIpc) is 2.74. The number of halogens is 2. The Morgan fingerprint density at radius 2 is 1.80 bits per heavy atom. The first-order chi connectivity index (χ1) is 8.79. The third kappa shape index (κ3) is 3.66. The molecular formula is C15H21Cl2NO2. The van der Waals surface area contributed by atoms with Crippen LogP contribution < -0.4 is 0 Å². The number of carbonyl (C=O) groups is 1. The fourth-order valence-electron chi connectivity index (χ4n) is 2.65. The summed E-state index contributed by atoms with van der Waals surface area (Å²) in [5, 5.41) is 10.1. The van der Waals surface area contributed by atoms with E-state index in [0.29, 0.717) is 11.6 Å². The monoisotopic (exact) mass is 317 g/mol. The van der Waals surface area contributed by atoms with Gasteiger partial charge in [-0.3, -0.25) is 9.69 Å². The summed E-state index contributed by atoms with van der Waals surface area (Å²) in [6.07, 6.45) is 0. The van der Waals surface area contributed by atoms with Crippen LogP contribution in [0.15, 0.2) is 24.3 Å². The topological polar surface area (TPSA) is 40.5 Å². The summed E-state index contributed by atoms with van der Waals surface area (Å²) in [5.74, 6) is -1.03. The summed E-state index contributed by atoms with van der Waals surface area (Å²) in [4.78, 5) is 13.7. The fraction of sp³-hybridized carbons (Fsp3) is 0.533. The maximum atomic E-state index is 11.5. The molecule has 2 atom stereocenters. The molecule has 3 nitrogen and oxygen atoms in total. The van der Waals surface area contributed by atoms with Crippen molar-refractivity contribution in [3.8, 4) is 0 Å². The third-order valence-corrected chi connectivity index (χ3v) is 4.14. The fourth-order valence-corrected chi connectivity index (χ4v) is 2.78. The normalized spacial score (nSPS) is 23.4. The van der Waals surface area contributed by atoms with Gasteiger partial charge in [0.25, 0.3) is 0 Å². The molecule has 0 amide bonds. The van der Waals surface area contributed by atoms with Crippen molar-refractivity contribution in [3.05, 3.63) is 34.9 Å². The lowest BCUT2D eigenvalue weighted by atomic mass is 9.89. The third-order valence-electron chi connectivity index (χ3n) is 3.88. The molecule has 0 bridgehead atoms. The second-order valence-electron chi connectivity index (χ2n) is 6.18. The maximum absolute atomic E-state index is 11.5. The molecule has 20 heavy (non-hydrogen) atoms. The number of carboxylic acids is 1. The zero-order chi connectivity index (χ0) is 14.2. The summed E-state index contributed by atoms with van der Waals surface area (Å²) in [6, 6.07) is 7.54. The number of likely N-dealkylation sites (tertiary alicyclic amines) is 1. The first-order valence-electron chi connectivity index (χ1n) is 6.52. The molecule has 0 aliphatic carbocycles. The van der Waals surface area contributed by atoms with Crippen LogP contribution in [0.4, 0.5) is 0 Å². The first-order valence-corrected chi connectivity index (χ1v) is 6.90. The minimum Gasteiger partial charge on any atom is -0.481 e. The number of carboxylic acid groups (broad SMARTS) is 1. The van der Waals surface area contributed by atoms with Gasteiger partial charge in [-0.05, 0) is 38.5 Å². The molecule has 1 saturated heterocycles. The Bertz CT molecular complexity index is 468. The van der Waals surface area contributed by atoms with Crippen LogP contribution >= 0.6 is 24.0 Å². The summed E-state index contributed by atoms with van der Waals surface area (Å²) < 4.78 is 0. The molecule has 0 spiro atoms. The Morgan fingerprint density at radius 3 is 2.25 bits per heavy atom. The van der Waals surface area contributed by atoms with E-state index in [2.05, 4.69) is 25.7 Å². The Balaban J connectivity index is 0.00000200. The van der Waals surface area contributed by atoms with Gasteiger partial charge in [-0.25, -0.2) is 0 Å². The molecule has 112 valence electrons. The second-order valence-corrected chi connectivity index (χ2v) is 6.62. The standard InChI is InChI=1S/C15H20ClNO2.ClH/c1-15(2,3)17-8-12(13(9-17)14(18)19)10-4-6-11(16)7-5-10;/h4-7,12-13H,8-9H2,1-3H3,(H,18,19);1H/t12-,13+;/m0./s1. The van der Waals surface area contributed by atoms with E-state index in [4.69, 9.17) is 11.6 Å². The predicted octanol–water partition coefficient (Wildman–Crippen LogP) is 3.66. The summed E-state index contributed by atoms with van der Waals surface area (Å²) in [7, 11) is 0. The van der Waals surface area contributed by atoms with Gasteiger partial charge in [-0.2, -0.15) is 0 Å². The Hall–Kier alpha value is -0.770. The van der Waals surface area contributed by atoms with Gasteiger partial charge in [-0.15, -0.1) is 12.4 Å². The van der Waals surface area contributed by atoms with Gasteiger partial charge in [0.2, 0.25) is 0 Å². The van der Waals surface area contributed by atoms with E-state index in [0.717, 1.165) is 12.1 Å². The summed E-state index contributed by atoms with van der Waals surface area (Å²) in [5.41, 5.74) is 1.05. The van der Waals surface area contributed by atoms with E-state index in [9.17, 15) is 9.90 Å². The summed E-state index contributed by atoms with van der Waals surface area (Å²) in [6.45, 7) is 7.75. The molecule has 0 radical (unpaired) electrons. The van der Waals surface area contributed by atoms with Crippen molar-refractivity contribution in [1.29, 1.82) is 0 Å². The number of aliphatic carboxylic acids is 1. The number of hydrogen-bond donors (Lipinski definition) is 1. The van der Waals surface area contributed by atoms with Crippen molar-refractivity contribution in [3.63, 3.8) is 0 Å². The molecule has 1 aliphatic heterocycles. The van der Waals surface area contributed by atoms with Crippen molar-refractivity contribution in [1.82, 2.24) is 4.90 Å². The lowest BCUT2D eigenvalue weighted by molar-refractivity contribution is -0.141. The molecule has 0 aromatic heterocycles. The van der Waals surface area contributed by atoms with E-state index in [1.165, 1.54) is 0 Å². The highest BCUT2D eigenvalue weighted by atomic mass is 35.5. The van der Waals surface area contributed by atoms with Crippen molar-refractivity contribution in [2.75, 3.05) is 13.1 Å². The van der Waals surface area contributed by atoms with Crippen LogP contribution in [0.5, 0.6) is 0 Å². The van der Waals surface area contributed by atoms with Gasteiger partial charge in [0.15, 0.2) is 0 Å². The lowest BCUT2D eigenvalue weighted by Crippen LogP contribution is -2.40. The van der Waals surface area contributed by atoms with Gasteiger partial charge < -0.3 is 5.11 Å². The lowest BCUT2D eigenvalue weighted by Gasteiger charge is -2.31. The molecule has 1 fully saturated rings. The van der Waals surface area contributed by atoms with Crippen molar-refractivity contribution in [2.45, 2.75) is 32.2 Å². The van der Waals surface area contributed by atoms with Crippen LogP contribution in [0.1, 0.15) is 32.3 Å². The highest BCUT2D eigenvalue weighted by Gasteiger charge is 2.41. The zero-order valence-corrected chi connectivity index (χ0v) is 13.5. The van der Waals surface area contributed by atoms with Crippen molar-refractivity contribution >= 4 is 30.0 Å². The number of hydrogen-bond acceptors (Lipinski definition) is 2.